The summed E-state index contributed by atoms with van der Waals surface area (Å²) in [7, 11) is 0. The highest BCUT2D eigenvalue weighted by Gasteiger charge is 2.30. The molecule has 0 aromatic heterocycles. The number of unbranched alkanes of at least 4 members (excludes halogenated alkanes) is 1. The third-order valence-electron chi connectivity index (χ3n) is 5.93. The Labute approximate surface area is 238 Å². The van der Waals surface area contributed by atoms with Gasteiger partial charge in [0.1, 0.15) is 6.04 Å². The van der Waals surface area contributed by atoms with Crippen LogP contribution in [0.2, 0.25) is 15.1 Å². The van der Waals surface area contributed by atoms with E-state index in [-0.39, 0.29) is 24.1 Å². The predicted octanol–water partition coefficient (Wildman–Crippen LogP) is 7.44. The molecule has 0 saturated heterocycles. The largest absolute Gasteiger partial charge is 0.354 e. The molecule has 4 nitrogen and oxygen atoms in total. The molecule has 1 atom stereocenters. The van der Waals surface area contributed by atoms with Crippen LogP contribution in [-0.2, 0) is 28.3 Å². The predicted molar refractivity (Wildman–Crippen MR) is 156 cm³/mol. The van der Waals surface area contributed by atoms with Crippen LogP contribution in [0.25, 0.3) is 0 Å². The first-order chi connectivity index (χ1) is 17.9. The van der Waals surface area contributed by atoms with Crippen LogP contribution in [0.3, 0.4) is 0 Å². The van der Waals surface area contributed by atoms with E-state index in [1.54, 1.807) is 29.2 Å². The second kappa shape index (κ2) is 15.3. The Morgan fingerprint density at radius 2 is 1.54 bits per heavy atom. The highest BCUT2D eigenvalue weighted by atomic mass is 35.5. The maximum atomic E-state index is 13.7. The van der Waals surface area contributed by atoms with Gasteiger partial charge < -0.3 is 10.2 Å². The monoisotopic (exact) mass is 576 g/mol. The number of carbonyl (C=O) groups excluding carboxylic acids is 2. The van der Waals surface area contributed by atoms with Crippen LogP contribution in [0.5, 0.6) is 0 Å². The average molecular weight is 578 g/mol. The van der Waals surface area contributed by atoms with Gasteiger partial charge in [-0.05, 0) is 41.3 Å². The van der Waals surface area contributed by atoms with E-state index in [9.17, 15) is 9.59 Å². The van der Waals surface area contributed by atoms with Gasteiger partial charge in [0.15, 0.2) is 0 Å². The van der Waals surface area contributed by atoms with Crippen molar-refractivity contribution in [2.45, 2.75) is 44.5 Å². The van der Waals surface area contributed by atoms with E-state index in [1.165, 1.54) is 11.8 Å². The number of benzene rings is 3. The van der Waals surface area contributed by atoms with Crippen LogP contribution in [-0.4, -0.2) is 35.1 Å². The topological polar surface area (TPSA) is 49.4 Å². The summed E-state index contributed by atoms with van der Waals surface area (Å²) >= 11 is 20.5. The lowest BCUT2D eigenvalue weighted by Gasteiger charge is -2.32. The van der Waals surface area contributed by atoms with E-state index < -0.39 is 6.04 Å². The number of thioether (sulfide) groups is 1. The van der Waals surface area contributed by atoms with Crippen LogP contribution >= 0.6 is 46.6 Å². The zero-order valence-electron chi connectivity index (χ0n) is 20.8. The molecule has 0 saturated carbocycles. The van der Waals surface area contributed by atoms with Crippen molar-refractivity contribution in [1.29, 1.82) is 0 Å². The molecular formula is C29H31Cl3N2O2S. The van der Waals surface area contributed by atoms with Gasteiger partial charge in [0.05, 0.1) is 5.75 Å². The number of nitrogens with zero attached hydrogens (tertiary/aromatic N) is 1. The normalized spacial score (nSPS) is 11.7. The van der Waals surface area contributed by atoms with Crippen molar-refractivity contribution in [3.05, 3.63) is 105 Å². The van der Waals surface area contributed by atoms with E-state index in [0.717, 1.165) is 29.5 Å². The second-order valence-electron chi connectivity index (χ2n) is 8.66. The van der Waals surface area contributed by atoms with Crippen LogP contribution in [0.15, 0.2) is 72.8 Å². The Bertz CT molecular complexity index is 1160. The number of hydrogen-bond acceptors (Lipinski definition) is 3. The molecular weight excluding hydrogens is 547 g/mol. The summed E-state index contributed by atoms with van der Waals surface area (Å²) in [6.45, 7) is 2.86. The molecule has 0 aliphatic heterocycles. The highest BCUT2D eigenvalue weighted by Crippen LogP contribution is 2.29. The van der Waals surface area contributed by atoms with Gasteiger partial charge in [-0.2, -0.15) is 0 Å². The third kappa shape index (κ3) is 8.96. The molecule has 8 heteroatoms. The molecule has 3 aromatic carbocycles. The lowest BCUT2D eigenvalue weighted by molar-refractivity contribution is -0.139. The fraction of sp³-hybridized carbons (Fsp3) is 0.310. The first-order valence-electron chi connectivity index (χ1n) is 12.3. The molecule has 0 aliphatic rings. The first-order valence-corrected chi connectivity index (χ1v) is 14.5. The van der Waals surface area contributed by atoms with Crippen molar-refractivity contribution in [2.24, 2.45) is 0 Å². The molecule has 0 bridgehead atoms. The van der Waals surface area contributed by atoms with Crippen molar-refractivity contribution in [2.75, 3.05) is 12.3 Å². The minimum absolute atomic E-state index is 0.153. The Morgan fingerprint density at radius 1 is 0.892 bits per heavy atom. The Kier molecular flexibility index (Phi) is 12.1. The summed E-state index contributed by atoms with van der Waals surface area (Å²) in [5.41, 5.74) is 2.56. The molecule has 0 fully saturated rings. The van der Waals surface area contributed by atoms with Crippen molar-refractivity contribution < 1.29 is 9.59 Å². The summed E-state index contributed by atoms with van der Waals surface area (Å²) in [5.74, 6) is 0.326. The van der Waals surface area contributed by atoms with Crippen LogP contribution in [0, 0.1) is 0 Å². The van der Waals surface area contributed by atoms with Crippen LogP contribution in [0.1, 0.15) is 36.5 Å². The molecule has 0 heterocycles. The van der Waals surface area contributed by atoms with Gasteiger partial charge in [-0.1, -0.05) is 103 Å². The molecule has 0 aliphatic carbocycles. The summed E-state index contributed by atoms with van der Waals surface area (Å²) in [6.07, 6.45) is 2.24. The van der Waals surface area contributed by atoms with Gasteiger partial charge in [0.25, 0.3) is 0 Å². The van der Waals surface area contributed by atoms with Gasteiger partial charge >= 0.3 is 0 Å². The first kappa shape index (κ1) is 29.4. The van der Waals surface area contributed by atoms with E-state index in [0.29, 0.717) is 33.8 Å². The van der Waals surface area contributed by atoms with Crippen molar-refractivity contribution in [3.8, 4) is 0 Å². The summed E-state index contributed by atoms with van der Waals surface area (Å²) < 4.78 is 0. The molecule has 196 valence electrons. The van der Waals surface area contributed by atoms with E-state index in [2.05, 4.69) is 12.2 Å². The molecule has 37 heavy (non-hydrogen) atoms. The Balaban J connectivity index is 1.86. The number of amides is 2. The van der Waals surface area contributed by atoms with Crippen molar-refractivity contribution >= 4 is 58.4 Å². The Morgan fingerprint density at radius 3 is 2.22 bits per heavy atom. The van der Waals surface area contributed by atoms with Crippen LogP contribution < -0.4 is 5.32 Å². The summed E-state index contributed by atoms with van der Waals surface area (Å²) in [5, 5.41) is 4.72. The zero-order chi connectivity index (χ0) is 26.6. The van der Waals surface area contributed by atoms with Gasteiger partial charge in [-0.3, -0.25) is 9.59 Å². The smallest absolute Gasteiger partial charge is 0.243 e. The highest BCUT2D eigenvalue weighted by molar-refractivity contribution is 7.99. The number of rotatable bonds is 13. The second-order valence-corrected chi connectivity index (χ2v) is 10.9. The molecule has 2 amide bonds. The van der Waals surface area contributed by atoms with E-state index in [1.807, 2.05) is 48.5 Å². The van der Waals surface area contributed by atoms with Crippen LogP contribution in [0.4, 0.5) is 0 Å². The maximum absolute atomic E-state index is 13.7. The molecule has 1 unspecified atom stereocenters. The lowest BCUT2D eigenvalue weighted by Crippen LogP contribution is -2.51. The maximum Gasteiger partial charge on any atom is 0.243 e. The SMILES string of the molecule is CCCCNC(=O)C(Cc1ccccc1)N(Cc1ccccc1Cl)C(=O)CSCc1c(Cl)cccc1Cl. The number of nitrogens with one attached hydrogen (secondary N) is 1. The molecule has 0 spiro atoms. The minimum Gasteiger partial charge on any atom is -0.354 e. The van der Waals surface area contributed by atoms with E-state index >= 15 is 0 Å². The average Bonchev–Trinajstić information content (AvgIpc) is 2.89. The molecule has 1 N–H and O–H groups in total. The van der Waals surface area contributed by atoms with Gasteiger partial charge in [-0.15, -0.1) is 11.8 Å². The Hall–Kier alpha value is -2.18. The van der Waals surface area contributed by atoms with Crippen molar-refractivity contribution in [3.63, 3.8) is 0 Å². The number of hydrogen-bond donors (Lipinski definition) is 1. The standard InChI is InChI=1S/C29H31Cl3N2O2S/c1-2-3-16-33-29(36)27(17-21-10-5-4-6-11-21)34(18-22-12-7-8-13-24(22)30)28(35)20-37-19-23-25(31)14-9-15-26(23)32/h4-15,27H,2-3,16-20H2,1H3,(H,33,36). The van der Waals surface area contributed by atoms with Gasteiger partial charge in [0, 0.05) is 40.3 Å². The summed E-state index contributed by atoms with van der Waals surface area (Å²) in [4.78, 5) is 28.8. The minimum atomic E-state index is -0.687. The molecule has 3 aromatic rings. The van der Waals surface area contributed by atoms with Crippen molar-refractivity contribution in [1.82, 2.24) is 10.2 Å². The fourth-order valence-electron chi connectivity index (χ4n) is 3.86. The molecule has 0 radical (unpaired) electrons. The zero-order valence-corrected chi connectivity index (χ0v) is 23.8. The van der Waals surface area contributed by atoms with Gasteiger partial charge in [-0.25, -0.2) is 0 Å². The van der Waals surface area contributed by atoms with E-state index in [4.69, 9.17) is 34.8 Å². The number of halogens is 3. The van der Waals surface area contributed by atoms with Gasteiger partial charge in [0.2, 0.25) is 11.8 Å². The quantitative estimate of drug-likeness (QED) is 0.215. The number of carbonyl (C=O) groups is 2. The fourth-order valence-corrected chi connectivity index (χ4v) is 5.71. The summed E-state index contributed by atoms with van der Waals surface area (Å²) in [6, 6.07) is 21.8. The lowest BCUT2D eigenvalue weighted by atomic mass is 10.0. The third-order valence-corrected chi connectivity index (χ3v) is 7.95. The molecule has 3 rings (SSSR count).